The summed E-state index contributed by atoms with van der Waals surface area (Å²) in [5.74, 6) is -0.0878. The summed E-state index contributed by atoms with van der Waals surface area (Å²) in [5, 5.41) is 0.159. The van der Waals surface area contributed by atoms with Gasteiger partial charge in [-0.2, -0.15) is 0 Å². The second-order valence-electron chi connectivity index (χ2n) is 2.02. The number of alkyl halides is 2. The van der Waals surface area contributed by atoms with E-state index >= 15 is 0 Å². The van der Waals surface area contributed by atoms with Gasteiger partial charge in [-0.1, -0.05) is 11.6 Å². The number of anilines is 1. The molecule has 0 radical (unpaired) electrons. The SMILES string of the molecule is Nc1nc(C(F)F)c(Br)cc1Cl. The largest absolute Gasteiger partial charge is 0.382 e. The third kappa shape index (κ3) is 1.84. The molecule has 1 heterocycles. The first kappa shape index (κ1) is 9.67. The van der Waals surface area contributed by atoms with Crippen molar-refractivity contribution in [1.82, 2.24) is 4.98 Å². The number of halogens is 4. The van der Waals surface area contributed by atoms with Crippen LogP contribution in [-0.4, -0.2) is 4.98 Å². The fourth-order valence-electron chi connectivity index (χ4n) is 0.649. The number of nitrogens with two attached hydrogens (primary N) is 1. The number of nitrogens with zero attached hydrogens (tertiary/aromatic N) is 1. The molecule has 0 bridgehead atoms. The zero-order chi connectivity index (χ0) is 9.30. The van der Waals surface area contributed by atoms with E-state index in [4.69, 9.17) is 17.3 Å². The number of rotatable bonds is 1. The molecule has 0 saturated carbocycles. The van der Waals surface area contributed by atoms with Crippen molar-refractivity contribution in [2.24, 2.45) is 0 Å². The maximum atomic E-state index is 12.1. The summed E-state index contributed by atoms with van der Waals surface area (Å²) in [6.07, 6.45) is -2.65. The van der Waals surface area contributed by atoms with Gasteiger partial charge < -0.3 is 5.73 Å². The molecular weight excluding hydrogens is 253 g/mol. The summed E-state index contributed by atoms with van der Waals surface area (Å²) in [6, 6.07) is 1.30. The Morgan fingerprint density at radius 2 is 2.17 bits per heavy atom. The van der Waals surface area contributed by atoms with Crippen molar-refractivity contribution in [3.05, 3.63) is 21.3 Å². The van der Waals surface area contributed by atoms with E-state index in [0.29, 0.717) is 0 Å². The lowest BCUT2D eigenvalue weighted by Gasteiger charge is -2.04. The molecule has 66 valence electrons. The minimum Gasteiger partial charge on any atom is -0.382 e. The van der Waals surface area contributed by atoms with E-state index in [1.54, 1.807) is 0 Å². The fraction of sp³-hybridized carbons (Fsp3) is 0.167. The normalized spacial score (nSPS) is 10.8. The molecular formula is C6H4BrClF2N2. The first-order valence-electron chi connectivity index (χ1n) is 2.92. The van der Waals surface area contributed by atoms with Crippen LogP contribution in [0.2, 0.25) is 5.02 Å². The molecule has 0 amide bonds. The van der Waals surface area contributed by atoms with Gasteiger partial charge in [0.15, 0.2) is 0 Å². The summed E-state index contributed by atoms with van der Waals surface area (Å²) >= 11 is 8.43. The molecule has 0 saturated heterocycles. The highest BCUT2D eigenvalue weighted by Crippen LogP contribution is 2.30. The predicted octanol–water partition coefficient (Wildman–Crippen LogP) is 3.02. The summed E-state index contributed by atoms with van der Waals surface area (Å²) in [6.45, 7) is 0. The molecule has 2 N–H and O–H groups in total. The highest BCUT2D eigenvalue weighted by atomic mass is 79.9. The van der Waals surface area contributed by atoms with Gasteiger partial charge in [-0.05, 0) is 22.0 Å². The number of hydrogen-bond acceptors (Lipinski definition) is 2. The molecule has 1 aromatic heterocycles. The maximum absolute atomic E-state index is 12.1. The topological polar surface area (TPSA) is 38.9 Å². The standard InChI is InChI=1S/C6H4BrClF2N2/c7-2-1-3(8)6(11)12-4(2)5(9)10/h1,5H,(H2,11,12). The van der Waals surface area contributed by atoms with E-state index in [2.05, 4.69) is 20.9 Å². The molecule has 0 atom stereocenters. The maximum Gasteiger partial charge on any atom is 0.281 e. The third-order valence-corrected chi connectivity index (χ3v) is 2.13. The van der Waals surface area contributed by atoms with Gasteiger partial charge in [0.05, 0.1) is 5.02 Å². The highest BCUT2D eigenvalue weighted by Gasteiger charge is 2.15. The predicted molar refractivity (Wildman–Crippen MR) is 46.3 cm³/mol. The van der Waals surface area contributed by atoms with Gasteiger partial charge >= 0.3 is 0 Å². The molecule has 1 rings (SSSR count). The number of pyridine rings is 1. The van der Waals surface area contributed by atoms with Crippen LogP contribution in [0.25, 0.3) is 0 Å². The fourth-order valence-corrected chi connectivity index (χ4v) is 1.42. The van der Waals surface area contributed by atoms with E-state index in [0.717, 1.165) is 0 Å². The summed E-state index contributed by atoms with van der Waals surface area (Å²) in [7, 11) is 0. The van der Waals surface area contributed by atoms with E-state index in [1.165, 1.54) is 6.07 Å². The molecule has 6 heteroatoms. The van der Waals surface area contributed by atoms with Gasteiger partial charge in [0.2, 0.25) is 0 Å². The Morgan fingerprint density at radius 1 is 1.58 bits per heavy atom. The Labute approximate surface area is 80.9 Å². The molecule has 0 unspecified atom stereocenters. The molecule has 0 aromatic carbocycles. The van der Waals surface area contributed by atoms with Gasteiger partial charge in [-0.3, -0.25) is 0 Å². The zero-order valence-corrected chi connectivity index (χ0v) is 8.03. The van der Waals surface area contributed by atoms with Crippen LogP contribution in [0.3, 0.4) is 0 Å². The number of aromatic nitrogens is 1. The van der Waals surface area contributed by atoms with Crippen LogP contribution in [0.5, 0.6) is 0 Å². The van der Waals surface area contributed by atoms with Crippen LogP contribution < -0.4 is 5.73 Å². The summed E-state index contributed by atoms with van der Waals surface area (Å²) < 4.78 is 24.5. The molecule has 0 aliphatic rings. The molecule has 0 spiro atoms. The van der Waals surface area contributed by atoms with Crippen molar-refractivity contribution in [3.63, 3.8) is 0 Å². The van der Waals surface area contributed by atoms with Crippen molar-refractivity contribution in [2.75, 3.05) is 5.73 Å². The van der Waals surface area contributed by atoms with Gasteiger partial charge in [0, 0.05) is 4.47 Å². The number of nitrogen functional groups attached to an aromatic ring is 1. The van der Waals surface area contributed by atoms with E-state index in [-0.39, 0.29) is 15.3 Å². The van der Waals surface area contributed by atoms with Gasteiger partial charge in [-0.25, -0.2) is 13.8 Å². The monoisotopic (exact) mass is 256 g/mol. The second-order valence-corrected chi connectivity index (χ2v) is 3.28. The Balaban J connectivity index is 3.23. The average Bonchev–Trinajstić information content (AvgIpc) is 1.96. The molecule has 0 aliphatic carbocycles. The van der Waals surface area contributed by atoms with Crippen molar-refractivity contribution >= 4 is 33.3 Å². The molecule has 12 heavy (non-hydrogen) atoms. The van der Waals surface area contributed by atoms with Gasteiger partial charge in [0.25, 0.3) is 6.43 Å². The van der Waals surface area contributed by atoms with Crippen LogP contribution in [0.1, 0.15) is 12.1 Å². The quantitative estimate of drug-likeness (QED) is 0.840. The highest BCUT2D eigenvalue weighted by molar-refractivity contribution is 9.10. The first-order chi connectivity index (χ1) is 5.52. The van der Waals surface area contributed by atoms with Gasteiger partial charge in [0.1, 0.15) is 11.5 Å². The second kappa shape index (κ2) is 3.53. The summed E-state index contributed by atoms with van der Waals surface area (Å²) in [4.78, 5) is 3.42. The van der Waals surface area contributed by atoms with Crippen molar-refractivity contribution in [3.8, 4) is 0 Å². The lowest BCUT2D eigenvalue weighted by Crippen LogP contribution is -1.98. The minimum atomic E-state index is -2.65. The van der Waals surface area contributed by atoms with Crippen LogP contribution in [0.4, 0.5) is 14.6 Å². The first-order valence-corrected chi connectivity index (χ1v) is 4.09. The van der Waals surface area contributed by atoms with Crippen LogP contribution in [-0.2, 0) is 0 Å². The van der Waals surface area contributed by atoms with Gasteiger partial charge in [-0.15, -0.1) is 0 Å². The van der Waals surface area contributed by atoms with Crippen molar-refractivity contribution in [1.29, 1.82) is 0 Å². The molecule has 0 aliphatic heterocycles. The van der Waals surface area contributed by atoms with Crippen LogP contribution >= 0.6 is 27.5 Å². The smallest absolute Gasteiger partial charge is 0.281 e. The molecule has 0 fully saturated rings. The van der Waals surface area contributed by atoms with E-state index in [9.17, 15) is 8.78 Å². The third-order valence-electron chi connectivity index (χ3n) is 1.19. The molecule has 1 aromatic rings. The average molecular weight is 257 g/mol. The minimum absolute atomic E-state index is 0.0878. The summed E-state index contributed by atoms with van der Waals surface area (Å²) in [5.41, 5.74) is 4.84. The Kier molecular flexibility index (Phi) is 2.85. The van der Waals surface area contributed by atoms with E-state index in [1.807, 2.05) is 0 Å². The lowest BCUT2D eigenvalue weighted by molar-refractivity contribution is 0.145. The Morgan fingerprint density at radius 3 is 2.67 bits per heavy atom. The van der Waals surface area contributed by atoms with Crippen molar-refractivity contribution < 1.29 is 8.78 Å². The Bertz CT molecular complexity index is 306. The van der Waals surface area contributed by atoms with E-state index < -0.39 is 12.1 Å². The number of hydrogen-bond donors (Lipinski definition) is 1. The van der Waals surface area contributed by atoms with Crippen LogP contribution in [0, 0.1) is 0 Å². The zero-order valence-electron chi connectivity index (χ0n) is 5.69. The Hall–Kier alpha value is -0.420. The molecule has 2 nitrogen and oxygen atoms in total. The van der Waals surface area contributed by atoms with Crippen molar-refractivity contribution in [2.45, 2.75) is 6.43 Å². The van der Waals surface area contributed by atoms with Crippen LogP contribution in [0.15, 0.2) is 10.5 Å². The lowest BCUT2D eigenvalue weighted by atomic mass is 10.3.